The Hall–Kier alpha value is -3.85. The van der Waals surface area contributed by atoms with Crippen LogP contribution >= 0.6 is 0 Å². The fourth-order valence-corrected chi connectivity index (χ4v) is 5.27. The largest absolute Gasteiger partial charge is 0.495 e. The third-order valence-electron chi connectivity index (χ3n) is 5.88. The van der Waals surface area contributed by atoms with Crippen molar-refractivity contribution >= 4 is 27.5 Å². The maximum atomic E-state index is 13.8. The molecule has 9 heteroatoms. The lowest BCUT2D eigenvalue weighted by Gasteiger charge is -2.32. The first-order chi connectivity index (χ1) is 17.8. The van der Waals surface area contributed by atoms with Gasteiger partial charge in [0.15, 0.2) is 0 Å². The highest BCUT2D eigenvalue weighted by atomic mass is 32.2. The van der Waals surface area contributed by atoms with Gasteiger partial charge in [0.05, 0.1) is 17.7 Å². The average molecular weight is 524 g/mol. The molecule has 0 heterocycles. The molecule has 37 heavy (non-hydrogen) atoms. The van der Waals surface area contributed by atoms with Crippen molar-refractivity contribution in [2.45, 2.75) is 37.8 Å². The van der Waals surface area contributed by atoms with E-state index in [0.29, 0.717) is 12.3 Å². The van der Waals surface area contributed by atoms with Crippen LogP contribution < -0.4 is 14.4 Å². The second-order valence-corrected chi connectivity index (χ2v) is 10.3. The van der Waals surface area contributed by atoms with Crippen LogP contribution in [0.25, 0.3) is 0 Å². The highest BCUT2D eigenvalue weighted by Crippen LogP contribution is 2.32. The molecular formula is C28H33N3O5S. The fraction of sp³-hybridized carbons (Fsp3) is 0.286. The number of amides is 2. The monoisotopic (exact) mass is 523 g/mol. The second-order valence-electron chi connectivity index (χ2n) is 8.47. The molecule has 0 saturated heterocycles. The Bertz CT molecular complexity index is 1280. The number of rotatable bonds is 12. The molecule has 0 aliphatic heterocycles. The molecule has 1 N–H and O–H groups in total. The molecule has 0 aliphatic carbocycles. The molecule has 0 aliphatic rings. The van der Waals surface area contributed by atoms with Gasteiger partial charge in [0.1, 0.15) is 18.3 Å². The lowest BCUT2D eigenvalue weighted by Crippen LogP contribution is -2.51. The van der Waals surface area contributed by atoms with E-state index in [-0.39, 0.29) is 23.0 Å². The van der Waals surface area contributed by atoms with E-state index < -0.39 is 28.5 Å². The number of hydrogen-bond acceptors (Lipinski definition) is 5. The number of benzene rings is 3. The molecule has 0 fully saturated rings. The minimum atomic E-state index is -4.14. The van der Waals surface area contributed by atoms with Crippen molar-refractivity contribution < 1.29 is 22.7 Å². The second kappa shape index (κ2) is 12.9. The van der Waals surface area contributed by atoms with Crippen LogP contribution in [0, 0.1) is 0 Å². The van der Waals surface area contributed by atoms with E-state index in [1.807, 2.05) is 37.3 Å². The van der Waals surface area contributed by atoms with Gasteiger partial charge in [-0.3, -0.25) is 13.9 Å². The summed E-state index contributed by atoms with van der Waals surface area (Å²) in [6.45, 7) is 3.69. The molecule has 1 atom stereocenters. The normalized spacial score (nSPS) is 11.9. The van der Waals surface area contributed by atoms with Crippen LogP contribution in [0.5, 0.6) is 5.75 Å². The van der Waals surface area contributed by atoms with Gasteiger partial charge in [0.25, 0.3) is 10.0 Å². The maximum Gasteiger partial charge on any atom is 0.264 e. The number of nitrogens with zero attached hydrogens (tertiary/aromatic N) is 2. The third kappa shape index (κ3) is 6.89. The SMILES string of the molecule is CCCNC(=O)[C@H](C)N(Cc1ccccc1)C(=O)CN(c1ccccc1OC)S(=O)(=O)c1ccccc1. The van der Waals surface area contributed by atoms with Crippen molar-refractivity contribution in [3.63, 3.8) is 0 Å². The number of carbonyl (C=O) groups is 2. The van der Waals surface area contributed by atoms with E-state index in [1.54, 1.807) is 49.4 Å². The minimum absolute atomic E-state index is 0.0389. The predicted molar refractivity (Wildman–Crippen MR) is 144 cm³/mol. The van der Waals surface area contributed by atoms with Crippen molar-refractivity contribution in [1.82, 2.24) is 10.2 Å². The number of hydrogen-bond donors (Lipinski definition) is 1. The lowest BCUT2D eigenvalue weighted by atomic mass is 10.1. The van der Waals surface area contributed by atoms with E-state index in [4.69, 9.17) is 4.74 Å². The summed E-state index contributed by atoms with van der Waals surface area (Å²) in [5.41, 5.74) is 1.05. The zero-order valence-electron chi connectivity index (χ0n) is 21.3. The zero-order chi connectivity index (χ0) is 26.8. The standard InChI is InChI=1S/C28H33N3O5S/c1-4-19-29-28(33)22(2)30(20-23-13-7-5-8-14-23)27(32)21-31(25-17-11-12-18-26(25)36-3)37(34,35)24-15-9-6-10-16-24/h5-18,22H,4,19-21H2,1-3H3,(H,29,33)/t22-/m0/s1. The molecule has 0 spiro atoms. The Kier molecular flexibility index (Phi) is 9.68. The number of para-hydroxylation sites is 2. The molecule has 8 nitrogen and oxygen atoms in total. The maximum absolute atomic E-state index is 13.8. The number of nitrogens with one attached hydrogen (secondary N) is 1. The van der Waals surface area contributed by atoms with Gasteiger partial charge in [-0.1, -0.05) is 67.6 Å². The van der Waals surface area contributed by atoms with Crippen LogP contribution in [0.4, 0.5) is 5.69 Å². The van der Waals surface area contributed by atoms with Gasteiger partial charge in [-0.15, -0.1) is 0 Å². The third-order valence-corrected chi connectivity index (χ3v) is 7.65. The zero-order valence-corrected chi connectivity index (χ0v) is 22.1. The van der Waals surface area contributed by atoms with Crippen molar-refractivity contribution in [2.24, 2.45) is 0 Å². The summed E-state index contributed by atoms with van der Waals surface area (Å²) in [6, 6.07) is 23.0. The van der Waals surface area contributed by atoms with Gasteiger partial charge < -0.3 is 15.0 Å². The van der Waals surface area contributed by atoms with Crippen LogP contribution in [-0.2, 0) is 26.2 Å². The molecule has 196 valence electrons. The van der Waals surface area contributed by atoms with E-state index in [0.717, 1.165) is 16.3 Å². The first kappa shape index (κ1) is 27.7. The quantitative estimate of drug-likeness (QED) is 0.389. The van der Waals surface area contributed by atoms with E-state index in [9.17, 15) is 18.0 Å². The fourth-order valence-electron chi connectivity index (χ4n) is 3.83. The molecule has 0 saturated carbocycles. The Morgan fingerprint density at radius 1 is 0.919 bits per heavy atom. The van der Waals surface area contributed by atoms with Crippen molar-refractivity contribution in [3.8, 4) is 5.75 Å². The summed E-state index contributed by atoms with van der Waals surface area (Å²) in [6.07, 6.45) is 0.752. The highest BCUT2D eigenvalue weighted by molar-refractivity contribution is 7.92. The van der Waals surface area contributed by atoms with Crippen molar-refractivity contribution in [2.75, 3.05) is 24.5 Å². The average Bonchev–Trinajstić information content (AvgIpc) is 2.93. The van der Waals surface area contributed by atoms with Gasteiger partial charge in [-0.25, -0.2) is 8.42 Å². The van der Waals surface area contributed by atoms with Gasteiger partial charge in [0, 0.05) is 13.1 Å². The molecule has 0 bridgehead atoms. The molecule has 0 aromatic heterocycles. The number of ether oxygens (including phenoxy) is 1. The molecule has 3 aromatic carbocycles. The number of carbonyl (C=O) groups excluding carboxylic acids is 2. The summed E-state index contributed by atoms with van der Waals surface area (Å²) < 4.78 is 34.0. The van der Waals surface area contributed by atoms with Crippen LogP contribution in [0.3, 0.4) is 0 Å². The van der Waals surface area contributed by atoms with Crippen LogP contribution in [0.2, 0.25) is 0 Å². The molecule has 2 amide bonds. The Labute approximate surface area is 218 Å². The summed E-state index contributed by atoms with van der Waals surface area (Å²) in [4.78, 5) is 28.1. The summed E-state index contributed by atoms with van der Waals surface area (Å²) >= 11 is 0. The summed E-state index contributed by atoms with van der Waals surface area (Å²) in [7, 11) is -2.70. The number of anilines is 1. The highest BCUT2D eigenvalue weighted by Gasteiger charge is 2.33. The summed E-state index contributed by atoms with van der Waals surface area (Å²) in [5.74, 6) is -0.521. The number of methoxy groups -OCH3 is 1. The Morgan fingerprint density at radius 3 is 2.14 bits per heavy atom. The molecular weight excluding hydrogens is 490 g/mol. The predicted octanol–water partition coefficient (Wildman–Crippen LogP) is 3.83. The molecule has 3 rings (SSSR count). The summed E-state index contributed by atoms with van der Waals surface area (Å²) in [5, 5.41) is 2.83. The molecule has 0 unspecified atom stereocenters. The van der Waals surface area contributed by atoms with Gasteiger partial charge >= 0.3 is 0 Å². The first-order valence-corrected chi connectivity index (χ1v) is 13.6. The topological polar surface area (TPSA) is 96.0 Å². The van der Waals surface area contributed by atoms with E-state index >= 15 is 0 Å². The van der Waals surface area contributed by atoms with Crippen LogP contribution in [0.1, 0.15) is 25.8 Å². The van der Waals surface area contributed by atoms with Gasteiger partial charge in [-0.05, 0) is 43.2 Å². The minimum Gasteiger partial charge on any atom is -0.495 e. The molecule has 0 radical (unpaired) electrons. The Balaban J connectivity index is 2.03. The van der Waals surface area contributed by atoms with Gasteiger partial charge in [-0.2, -0.15) is 0 Å². The number of sulfonamides is 1. The van der Waals surface area contributed by atoms with Crippen LogP contribution in [-0.4, -0.2) is 51.4 Å². The lowest BCUT2D eigenvalue weighted by molar-refractivity contribution is -0.139. The van der Waals surface area contributed by atoms with E-state index in [1.165, 1.54) is 24.1 Å². The smallest absolute Gasteiger partial charge is 0.264 e. The van der Waals surface area contributed by atoms with Crippen molar-refractivity contribution in [1.29, 1.82) is 0 Å². The van der Waals surface area contributed by atoms with Gasteiger partial charge in [0.2, 0.25) is 11.8 Å². The molecule has 3 aromatic rings. The first-order valence-electron chi connectivity index (χ1n) is 12.1. The van der Waals surface area contributed by atoms with E-state index in [2.05, 4.69) is 5.32 Å². The van der Waals surface area contributed by atoms with Crippen LogP contribution in [0.15, 0.2) is 89.8 Å². The van der Waals surface area contributed by atoms with Crippen molar-refractivity contribution in [3.05, 3.63) is 90.5 Å². The Morgan fingerprint density at radius 2 is 1.51 bits per heavy atom.